The average molecular weight is 192 g/mol. The Bertz CT molecular complexity index is 378. The second-order valence-electron chi connectivity index (χ2n) is 2.57. The summed E-state index contributed by atoms with van der Waals surface area (Å²) in [6, 6.07) is 8.11. The highest BCUT2D eigenvalue weighted by atomic mass is 16.4. The Kier molecular flexibility index (Phi) is 3.01. The number of benzene rings is 1. The molecule has 0 aliphatic rings. The summed E-state index contributed by atoms with van der Waals surface area (Å²) in [6.45, 7) is 0. The Labute approximate surface area is 80.1 Å². The number of rotatable bonds is 3. The molecule has 1 aromatic rings. The Balaban J connectivity index is 2.88. The van der Waals surface area contributed by atoms with Gasteiger partial charge in [0.15, 0.2) is 5.78 Å². The summed E-state index contributed by atoms with van der Waals surface area (Å²) >= 11 is 0. The number of aliphatic hydroxyl groups excluding tert-OH is 1. The van der Waals surface area contributed by atoms with Crippen LogP contribution in [0.15, 0.2) is 42.2 Å². The molecule has 0 saturated heterocycles. The van der Waals surface area contributed by atoms with E-state index in [-0.39, 0.29) is 0 Å². The standard InChI is InChI=1S/C10H8O4/c11-8(6-9(12)10(13)14)7-4-2-1-3-5-7/h1-6,12H,(H,13,14)/b9-6-. The van der Waals surface area contributed by atoms with Crippen LogP contribution < -0.4 is 0 Å². The summed E-state index contributed by atoms with van der Waals surface area (Å²) < 4.78 is 0. The number of hydrogen-bond acceptors (Lipinski definition) is 3. The third kappa shape index (κ3) is 2.45. The van der Waals surface area contributed by atoms with Gasteiger partial charge in [0.1, 0.15) is 0 Å². The number of aliphatic hydroxyl groups is 1. The zero-order valence-corrected chi connectivity index (χ0v) is 7.18. The molecule has 1 aromatic carbocycles. The fourth-order valence-corrected chi connectivity index (χ4v) is 0.872. The molecule has 0 amide bonds. The molecule has 0 bridgehead atoms. The molecule has 0 saturated carbocycles. The van der Waals surface area contributed by atoms with Crippen molar-refractivity contribution >= 4 is 11.8 Å². The molecule has 0 spiro atoms. The molecule has 4 heteroatoms. The van der Waals surface area contributed by atoms with Crippen LogP contribution in [-0.2, 0) is 4.79 Å². The Morgan fingerprint density at radius 1 is 1.07 bits per heavy atom. The van der Waals surface area contributed by atoms with Crippen LogP contribution in [0.25, 0.3) is 0 Å². The van der Waals surface area contributed by atoms with Crippen molar-refractivity contribution in [3.8, 4) is 0 Å². The third-order valence-corrected chi connectivity index (χ3v) is 1.55. The first-order valence-electron chi connectivity index (χ1n) is 3.84. The van der Waals surface area contributed by atoms with Gasteiger partial charge in [0.2, 0.25) is 5.76 Å². The summed E-state index contributed by atoms with van der Waals surface area (Å²) in [5, 5.41) is 17.1. The summed E-state index contributed by atoms with van der Waals surface area (Å²) in [5.74, 6) is -3.02. The van der Waals surface area contributed by atoms with Crippen LogP contribution in [0.3, 0.4) is 0 Å². The van der Waals surface area contributed by atoms with Gasteiger partial charge in [-0.2, -0.15) is 0 Å². The topological polar surface area (TPSA) is 74.6 Å². The maximum Gasteiger partial charge on any atom is 0.371 e. The summed E-state index contributed by atoms with van der Waals surface area (Å²) in [7, 11) is 0. The molecule has 14 heavy (non-hydrogen) atoms. The van der Waals surface area contributed by atoms with E-state index in [1.54, 1.807) is 18.2 Å². The first-order chi connectivity index (χ1) is 6.61. The molecular weight excluding hydrogens is 184 g/mol. The molecule has 4 nitrogen and oxygen atoms in total. The van der Waals surface area contributed by atoms with Gasteiger partial charge in [-0.05, 0) is 0 Å². The van der Waals surface area contributed by atoms with Crippen LogP contribution in [0.5, 0.6) is 0 Å². The monoisotopic (exact) mass is 192 g/mol. The number of carboxylic acid groups (broad SMARTS) is 1. The lowest BCUT2D eigenvalue weighted by molar-refractivity contribution is -0.135. The van der Waals surface area contributed by atoms with E-state index in [1.807, 2.05) is 0 Å². The minimum absolute atomic E-state index is 0.334. The van der Waals surface area contributed by atoms with E-state index >= 15 is 0 Å². The third-order valence-electron chi connectivity index (χ3n) is 1.55. The lowest BCUT2D eigenvalue weighted by Gasteiger charge is -1.94. The smallest absolute Gasteiger partial charge is 0.371 e. The number of carboxylic acids is 1. The minimum atomic E-state index is -1.52. The van der Waals surface area contributed by atoms with Crippen molar-refractivity contribution in [1.29, 1.82) is 0 Å². The van der Waals surface area contributed by atoms with E-state index < -0.39 is 17.5 Å². The molecule has 72 valence electrons. The van der Waals surface area contributed by atoms with Gasteiger partial charge < -0.3 is 10.2 Å². The number of hydrogen-bond donors (Lipinski definition) is 2. The zero-order valence-electron chi connectivity index (χ0n) is 7.18. The Morgan fingerprint density at radius 2 is 1.64 bits per heavy atom. The highest BCUT2D eigenvalue weighted by molar-refractivity contribution is 6.07. The molecule has 0 heterocycles. The number of aliphatic carboxylic acids is 1. The summed E-state index contributed by atoms with van der Waals surface area (Å²) in [4.78, 5) is 21.5. The highest BCUT2D eigenvalue weighted by Gasteiger charge is 2.08. The van der Waals surface area contributed by atoms with Crippen molar-refractivity contribution in [2.24, 2.45) is 0 Å². The minimum Gasteiger partial charge on any atom is -0.502 e. The Hall–Kier alpha value is -2.10. The molecule has 1 rings (SSSR count). The largest absolute Gasteiger partial charge is 0.502 e. The number of ketones is 1. The van der Waals surface area contributed by atoms with Crippen molar-refractivity contribution < 1.29 is 19.8 Å². The van der Waals surface area contributed by atoms with E-state index in [9.17, 15) is 9.59 Å². The predicted octanol–water partition coefficient (Wildman–Crippen LogP) is 1.40. The van der Waals surface area contributed by atoms with E-state index in [0.717, 1.165) is 0 Å². The van der Waals surface area contributed by atoms with Crippen LogP contribution in [-0.4, -0.2) is 22.0 Å². The fraction of sp³-hybridized carbons (Fsp3) is 0. The van der Waals surface area contributed by atoms with Crippen LogP contribution >= 0.6 is 0 Å². The SMILES string of the molecule is O=C(O)/C(O)=C/C(=O)c1ccccc1. The average Bonchev–Trinajstić information content (AvgIpc) is 2.19. The molecule has 0 aromatic heterocycles. The van der Waals surface area contributed by atoms with Gasteiger partial charge in [0, 0.05) is 11.6 Å². The number of carbonyl (C=O) groups excluding carboxylic acids is 1. The maximum absolute atomic E-state index is 11.3. The molecule has 0 aliphatic heterocycles. The number of carbonyl (C=O) groups is 2. The van der Waals surface area contributed by atoms with Gasteiger partial charge >= 0.3 is 5.97 Å². The molecule has 0 atom stereocenters. The quantitative estimate of drug-likeness (QED) is 0.431. The van der Waals surface area contributed by atoms with E-state index in [0.29, 0.717) is 11.6 Å². The van der Waals surface area contributed by atoms with Gasteiger partial charge in [-0.25, -0.2) is 4.79 Å². The lowest BCUT2D eigenvalue weighted by Crippen LogP contribution is -2.03. The van der Waals surface area contributed by atoms with Crippen molar-refractivity contribution in [2.45, 2.75) is 0 Å². The molecule has 0 radical (unpaired) electrons. The van der Waals surface area contributed by atoms with Crippen molar-refractivity contribution in [3.63, 3.8) is 0 Å². The lowest BCUT2D eigenvalue weighted by atomic mass is 10.1. The Morgan fingerprint density at radius 3 is 2.14 bits per heavy atom. The molecule has 0 aliphatic carbocycles. The van der Waals surface area contributed by atoms with Gasteiger partial charge in [0.25, 0.3) is 0 Å². The second kappa shape index (κ2) is 4.23. The van der Waals surface area contributed by atoms with Gasteiger partial charge in [-0.3, -0.25) is 4.79 Å². The van der Waals surface area contributed by atoms with Crippen LogP contribution in [0.2, 0.25) is 0 Å². The normalized spacial score (nSPS) is 11.0. The van der Waals surface area contributed by atoms with Crippen molar-refractivity contribution in [3.05, 3.63) is 47.7 Å². The molecule has 2 N–H and O–H groups in total. The first kappa shape index (κ1) is 9.98. The van der Waals surface area contributed by atoms with E-state index in [2.05, 4.69) is 0 Å². The summed E-state index contributed by atoms with van der Waals surface area (Å²) in [5.41, 5.74) is 0.334. The summed E-state index contributed by atoms with van der Waals surface area (Å²) in [6.07, 6.45) is 0.678. The van der Waals surface area contributed by atoms with Crippen molar-refractivity contribution in [2.75, 3.05) is 0 Å². The van der Waals surface area contributed by atoms with Crippen molar-refractivity contribution in [1.82, 2.24) is 0 Å². The maximum atomic E-state index is 11.3. The molecular formula is C10H8O4. The highest BCUT2D eigenvalue weighted by Crippen LogP contribution is 2.02. The second-order valence-corrected chi connectivity index (χ2v) is 2.57. The predicted molar refractivity (Wildman–Crippen MR) is 49.1 cm³/mol. The zero-order chi connectivity index (χ0) is 10.6. The van der Waals surface area contributed by atoms with Gasteiger partial charge in [-0.15, -0.1) is 0 Å². The fourth-order valence-electron chi connectivity index (χ4n) is 0.872. The van der Waals surface area contributed by atoms with E-state index in [4.69, 9.17) is 10.2 Å². The van der Waals surface area contributed by atoms with Gasteiger partial charge in [0.05, 0.1) is 0 Å². The number of allylic oxidation sites excluding steroid dienone is 1. The molecule has 0 unspecified atom stereocenters. The van der Waals surface area contributed by atoms with Crippen LogP contribution in [0, 0.1) is 0 Å². The van der Waals surface area contributed by atoms with Crippen LogP contribution in [0.1, 0.15) is 10.4 Å². The molecule has 0 fully saturated rings. The van der Waals surface area contributed by atoms with Crippen LogP contribution in [0.4, 0.5) is 0 Å². The van der Waals surface area contributed by atoms with E-state index in [1.165, 1.54) is 12.1 Å². The first-order valence-corrected chi connectivity index (χ1v) is 3.84. The van der Waals surface area contributed by atoms with Gasteiger partial charge in [-0.1, -0.05) is 30.3 Å².